The fourth-order valence-corrected chi connectivity index (χ4v) is 4.19. The Bertz CT molecular complexity index is 1110. The third-order valence-corrected chi connectivity index (χ3v) is 5.74. The predicted octanol–water partition coefficient (Wildman–Crippen LogP) is 3.35. The lowest BCUT2D eigenvalue weighted by Crippen LogP contribution is -2.27. The van der Waals surface area contributed by atoms with Crippen molar-refractivity contribution in [3.63, 3.8) is 0 Å². The van der Waals surface area contributed by atoms with E-state index in [1.165, 1.54) is 5.56 Å². The summed E-state index contributed by atoms with van der Waals surface area (Å²) in [5.74, 6) is 1.63. The Hall–Kier alpha value is -2.97. The molecular formula is C21H22ClN7O. The minimum absolute atomic E-state index is 0.441. The summed E-state index contributed by atoms with van der Waals surface area (Å²) < 4.78 is 5.52. The van der Waals surface area contributed by atoms with Gasteiger partial charge in [0.05, 0.1) is 30.4 Å². The van der Waals surface area contributed by atoms with Crippen molar-refractivity contribution >= 4 is 34.7 Å². The minimum atomic E-state index is 0.441. The second-order valence-corrected chi connectivity index (χ2v) is 7.91. The highest BCUT2D eigenvalue weighted by Gasteiger charge is 2.25. The van der Waals surface area contributed by atoms with Gasteiger partial charge in [0, 0.05) is 38.7 Å². The normalized spacial score (nSPS) is 15.6. The van der Waals surface area contributed by atoms with Gasteiger partial charge in [0.25, 0.3) is 0 Å². The number of nitrogens with one attached hydrogen (secondary N) is 1. The van der Waals surface area contributed by atoms with Gasteiger partial charge < -0.3 is 19.9 Å². The Morgan fingerprint density at radius 3 is 2.87 bits per heavy atom. The monoisotopic (exact) mass is 423 g/mol. The molecule has 0 atom stereocenters. The maximum atomic E-state index is 6.46. The lowest BCUT2D eigenvalue weighted by atomic mass is 10.1. The number of likely N-dealkylation sites (N-methyl/N-ethyl adjacent to an activating group) is 1. The first-order valence-electron chi connectivity index (χ1n) is 9.88. The molecular weight excluding hydrogens is 402 g/mol. The molecule has 0 fully saturated rings. The molecule has 0 aliphatic carbocycles. The topological polar surface area (TPSA) is 79.3 Å². The maximum absolute atomic E-state index is 6.46. The Balaban J connectivity index is 1.48. The zero-order valence-electron chi connectivity index (χ0n) is 16.9. The van der Waals surface area contributed by atoms with E-state index < -0.39 is 0 Å². The van der Waals surface area contributed by atoms with Crippen LogP contribution in [-0.2, 0) is 19.4 Å². The number of hydrogen-bond donors (Lipinski definition) is 1. The second-order valence-electron chi connectivity index (χ2n) is 7.50. The fraction of sp³-hybridized carbons (Fsp3) is 0.333. The van der Waals surface area contributed by atoms with Gasteiger partial charge in [-0.05, 0) is 30.8 Å². The average Bonchev–Trinajstić information content (AvgIpc) is 3.18. The molecule has 0 amide bonds. The van der Waals surface area contributed by atoms with E-state index in [4.69, 9.17) is 26.3 Å². The number of ether oxygens (including phenoxy) is 1. The molecule has 2 aliphatic rings. The fourth-order valence-electron chi connectivity index (χ4n) is 3.99. The van der Waals surface area contributed by atoms with E-state index in [2.05, 4.69) is 38.2 Å². The minimum Gasteiger partial charge on any atom is -0.480 e. The van der Waals surface area contributed by atoms with Crippen molar-refractivity contribution in [1.29, 1.82) is 0 Å². The van der Waals surface area contributed by atoms with Gasteiger partial charge in [-0.2, -0.15) is 4.98 Å². The van der Waals surface area contributed by atoms with Crippen molar-refractivity contribution in [1.82, 2.24) is 24.8 Å². The van der Waals surface area contributed by atoms with Crippen LogP contribution in [0.5, 0.6) is 5.88 Å². The van der Waals surface area contributed by atoms with Gasteiger partial charge in [0.2, 0.25) is 11.8 Å². The maximum Gasteiger partial charge on any atom is 0.237 e. The van der Waals surface area contributed by atoms with Crippen LogP contribution < -0.4 is 15.0 Å². The van der Waals surface area contributed by atoms with Gasteiger partial charge in [0.15, 0.2) is 5.82 Å². The largest absolute Gasteiger partial charge is 0.480 e. The van der Waals surface area contributed by atoms with Crippen LogP contribution in [0, 0.1) is 0 Å². The highest BCUT2D eigenvalue weighted by Crippen LogP contribution is 2.37. The molecule has 30 heavy (non-hydrogen) atoms. The molecule has 3 aromatic rings. The summed E-state index contributed by atoms with van der Waals surface area (Å²) in [6.45, 7) is 2.62. The number of aromatic nitrogens is 4. The lowest BCUT2D eigenvalue weighted by Gasteiger charge is -2.25. The molecule has 0 spiro atoms. The first-order chi connectivity index (χ1) is 14.6. The Morgan fingerprint density at radius 1 is 1.13 bits per heavy atom. The number of rotatable bonds is 4. The van der Waals surface area contributed by atoms with Gasteiger partial charge in [0.1, 0.15) is 10.7 Å². The number of halogens is 1. The molecule has 1 N–H and O–H groups in total. The van der Waals surface area contributed by atoms with Crippen molar-refractivity contribution in [2.45, 2.75) is 19.4 Å². The van der Waals surface area contributed by atoms with Crippen LogP contribution in [0.15, 0.2) is 30.6 Å². The number of pyridine rings is 2. The zero-order chi connectivity index (χ0) is 20.7. The van der Waals surface area contributed by atoms with Gasteiger partial charge in [-0.1, -0.05) is 11.6 Å². The van der Waals surface area contributed by atoms with Gasteiger partial charge in [-0.25, -0.2) is 9.97 Å². The van der Waals surface area contributed by atoms with Crippen molar-refractivity contribution < 1.29 is 4.74 Å². The third kappa shape index (κ3) is 3.42. The predicted molar refractivity (Wildman–Crippen MR) is 116 cm³/mol. The molecule has 9 heteroatoms. The molecule has 0 radical (unpaired) electrons. The summed E-state index contributed by atoms with van der Waals surface area (Å²) in [4.78, 5) is 22.6. The number of anilines is 4. The SMILES string of the molecule is COc1nc2c(cc1Nc1ncc(Cl)c(N3CCc4ncccc43)n1)CN(C)CC2. The second kappa shape index (κ2) is 7.70. The molecule has 5 heterocycles. The molecule has 3 aromatic heterocycles. The van der Waals surface area contributed by atoms with E-state index in [9.17, 15) is 0 Å². The molecule has 0 unspecified atom stereocenters. The van der Waals surface area contributed by atoms with E-state index in [-0.39, 0.29) is 0 Å². The summed E-state index contributed by atoms with van der Waals surface area (Å²) in [5, 5.41) is 3.77. The molecule has 8 nitrogen and oxygen atoms in total. The Morgan fingerprint density at radius 2 is 2.00 bits per heavy atom. The van der Waals surface area contributed by atoms with E-state index >= 15 is 0 Å². The highest BCUT2D eigenvalue weighted by molar-refractivity contribution is 6.33. The smallest absolute Gasteiger partial charge is 0.237 e. The van der Waals surface area contributed by atoms with Crippen LogP contribution in [0.1, 0.15) is 17.0 Å². The van der Waals surface area contributed by atoms with E-state index in [0.29, 0.717) is 22.7 Å². The summed E-state index contributed by atoms with van der Waals surface area (Å²) in [6.07, 6.45) is 5.19. The Labute approximate surface area is 179 Å². The van der Waals surface area contributed by atoms with E-state index in [1.54, 1.807) is 13.3 Å². The summed E-state index contributed by atoms with van der Waals surface area (Å²) >= 11 is 6.46. The number of nitrogens with zero attached hydrogens (tertiary/aromatic N) is 6. The van der Waals surface area contributed by atoms with E-state index in [0.717, 1.165) is 55.2 Å². The van der Waals surface area contributed by atoms with Crippen LogP contribution in [0.4, 0.5) is 23.1 Å². The third-order valence-electron chi connectivity index (χ3n) is 5.48. The molecule has 0 aromatic carbocycles. The van der Waals surface area contributed by atoms with Crippen molar-refractivity contribution in [2.75, 3.05) is 37.5 Å². The van der Waals surface area contributed by atoms with Gasteiger partial charge >= 0.3 is 0 Å². The van der Waals surface area contributed by atoms with Gasteiger partial charge in [-0.15, -0.1) is 0 Å². The quantitative estimate of drug-likeness (QED) is 0.684. The van der Waals surface area contributed by atoms with Crippen molar-refractivity contribution in [3.05, 3.63) is 52.6 Å². The lowest BCUT2D eigenvalue weighted by molar-refractivity contribution is 0.307. The summed E-state index contributed by atoms with van der Waals surface area (Å²) in [7, 11) is 3.73. The van der Waals surface area contributed by atoms with Crippen molar-refractivity contribution in [3.8, 4) is 5.88 Å². The van der Waals surface area contributed by atoms with Crippen LogP contribution in [0.2, 0.25) is 5.02 Å². The van der Waals surface area contributed by atoms with Crippen LogP contribution in [0.25, 0.3) is 0 Å². The molecule has 154 valence electrons. The van der Waals surface area contributed by atoms with Crippen LogP contribution in [-0.4, -0.2) is 52.1 Å². The van der Waals surface area contributed by atoms with Crippen molar-refractivity contribution in [2.24, 2.45) is 0 Å². The molecule has 0 saturated carbocycles. The highest BCUT2D eigenvalue weighted by atomic mass is 35.5. The molecule has 2 aliphatic heterocycles. The van der Waals surface area contributed by atoms with Gasteiger partial charge in [-0.3, -0.25) is 4.98 Å². The molecule has 0 saturated heterocycles. The van der Waals surface area contributed by atoms with Crippen LogP contribution >= 0.6 is 11.6 Å². The number of fused-ring (bicyclic) bond motifs is 2. The van der Waals surface area contributed by atoms with Crippen LogP contribution in [0.3, 0.4) is 0 Å². The first-order valence-corrected chi connectivity index (χ1v) is 10.3. The Kier molecular flexibility index (Phi) is 4.88. The van der Waals surface area contributed by atoms with E-state index in [1.807, 2.05) is 18.3 Å². The summed E-state index contributed by atoms with van der Waals surface area (Å²) in [6, 6.07) is 6.03. The summed E-state index contributed by atoms with van der Waals surface area (Å²) in [5.41, 5.74) is 5.07. The standard InChI is InChI=1S/C21H22ClN7O/c1-28-8-5-15-13(12-28)10-17(20(25-15)30-2)26-21-24-11-14(22)19(27-21)29-9-6-16-18(29)4-3-7-23-16/h3-4,7,10-11H,5-6,8-9,12H2,1-2H3,(H,24,26,27). The number of hydrogen-bond acceptors (Lipinski definition) is 8. The number of methoxy groups -OCH3 is 1. The first kappa shape index (κ1) is 19.0. The molecule has 0 bridgehead atoms. The zero-order valence-corrected chi connectivity index (χ0v) is 17.6. The molecule has 5 rings (SSSR count). The average molecular weight is 424 g/mol.